The Hall–Kier alpha value is -1.79. The van der Waals surface area contributed by atoms with Crippen molar-refractivity contribution in [3.05, 3.63) is 0 Å². The Labute approximate surface area is 351 Å². The first kappa shape index (κ1) is 47.3. The van der Waals surface area contributed by atoms with Crippen LogP contribution < -0.4 is 20.3 Å². The molecule has 1 unspecified atom stereocenters. The number of carbonyl (C=O) groups excluding carboxylic acids is 1. The molecule has 1 atom stereocenters. The van der Waals surface area contributed by atoms with Crippen LogP contribution in [0.1, 0.15) is 97.3 Å². The highest BCUT2D eigenvalue weighted by atomic mass is 32.5. The molecule has 18 heteroatoms. The van der Waals surface area contributed by atoms with Gasteiger partial charge in [-0.2, -0.15) is 15.0 Å². The lowest BCUT2D eigenvalue weighted by Crippen LogP contribution is -2.55. The zero-order valence-corrected chi connectivity index (χ0v) is 36.8. The number of piperidine rings is 1. The Kier molecular flexibility index (Phi) is 21.1. The molecule has 0 aromatic carbocycles. The van der Waals surface area contributed by atoms with Crippen LogP contribution in [0.5, 0.6) is 6.01 Å². The van der Waals surface area contributed by atoms with Crippen molar-refractivity contribution in [1.82, 2.24) is 20.3 Å². The van der Waals surface area contributed by atoms with E-state index in [4.69, 9.17) is 64.2 Å². The van der Waals surface area contributed by atoms with Crippen LogP contribution >= 0.6 is 6.72 Å². The third kappa shape index (κ3) is 17.7. The number of rotatable bonds is 32. The summed E-state index contributed by atoms with van der Waals surface area (Å²) in [7, 11) is 0. The van der Waals surface area contributed by atoms with Gasteiger partial charge in [0.2, 0.25) is 17.8 Å². The van der Waals surface area contributed by atoms with Crippen LogP contribution in [-0.4, -0.2) is 137 Å². The molecular formula is C40H71N6O10PS. The number of amides is 1. The standard InChI is InChI=1S/C40H71N6O10PS/c1-3-55-57(48,58)56-14-7-5-4-6-11-41-36(47)10-15-49-16-17-50-18-19-51-20-21-52-22-23-53-24-25-54-39-43-37(42-38(44-39)46-12-8-32(2)9-13-46)45-40-29-33-26-34(30-40)28-35(27-33)31-40/h32-35H,3-31H2,1-2H3,(H,41,47)(H,48,58)(H,42,43,44,45). The second kappa shape index (κ2) is 25.9. The summed E-state index contributed by atoms with van der Waals surface area (Å²) in [5.74, 6) is 4.57. The molecule has 1 aromatic rings. The van der Waals surface area contributed by atoms with Gasteiger partial charge in [0.1, 0.15) is 6.61 Å². The maximum absolute atomic E-state index is 12.0. The number of carbonyl (C=O) groups is 1. The van der Waals surface area contributed by atoms with Gasteiger partial charge >= 0.3 is 12.7 Å². The van der Waals surface area contributed by atoms with Gasteiger partial charge in [-0.15, -0.1) is 0 Å². The quantitative estimate of drug-likeness (QED) is 0.0629. The van der Waals surface area contributed by atoms with Gasteiger partial charge in [0.05, 0.1) is 79.3 Å². The highest BCUT2D eigenvalue weighted by molar-refractivity contribution is 8.07. The number of nitrogens with zero attached hydrogens (tertiary/aromatic N) is 4. The molecule has 4 bridgehead atoms. The van der Waals surface area contributed by atoms with E-state index in [2.05, 4.69) is 22.5 Å². The number of hydrogen-bond acceptors (Lipinski definition) is 15. The smallest absolute Gasteiger partial charge is 0.324 e. The molecule has 4 saturated carbocycles. The molecule has 5 aliphatic rings. The second-order valence-electron chi connectivity index (χ2n) is 16.4. The van der Waals surface area contributed by atoms with E-state index in [0.717, 1.165) is 75.3 Å². The number of nitrogens with one attached hydrogen (secondary N) is 2. The van der Waals surface area contributed by atoms with Gasteiger partial charge in [-0.25, -0.2) is 0 Å². The molecule has 1 aromatic heterocycles. The summed E-state index contributed by atoms with van der Waals surface area (Å²) < 4.78 is 44.2. The average molecular weight is 859 g/mol. The number of aromatic nitrogens is 3. The van der Waals surface area contributed by atoms with Gasteiger partial charge < -0.3 is 57.9 Å². The van der Waals surface area contributed by atoms with E-state index >= 15 is 0 Å². The lowest BCUT2D eigenvalue weighted by atomic mass is 9.53. The molecule has 6 rings (SSSR count). The highest BCUT2D eigenvalue weighted by Crippen LogP contribution is 2.56. The molecule has 2 heterocycles. The van der Waals surface area contributed by atoms with Crippen molar-refractivity contribution < 1.29 is 47.2 Å². The predicted molar refractivity (Wildman–Crippen MR) is 225 cm³/mol. The Bertz CT molecular complexity index is 1340. The topological polar surface area (TPSA) is 177 Å². The van der Waals surface area contributed by atoms with E-state index in [9.17, 15) is 9.69 Å². The van der Waals surface area contributed by atoms with Crippen molar-refractivity contribution in [1.29, 1.82) is 0 Å². The summed E-state index contributed by atoms with van der Waals surface area (Å²) in [6, 6.07) is 0.358. The number of ether oxygens (including phenoxy) is 6. The van der Waals surface area contributed by atoms with E-state index in [0.29, 0.717) is 117 Å². The normalized spacial score (nSPS) is 23.9. The zero-order valence-electron chi connectivity index (χ0n) is 35.1. The van der Waals surface area contributed by atoms with E-state index in [1.807, 2.05) is 0 Å². The van der Waals surface area contributed by atoms with Crippen molar-refractivity contribution >= 4 is 36.3 Å². The first-order valence-electron chi connectivity index (χ1n) is 21.9. The predicted octanol–water partition coefficient (Wildman–Crippen LogP) is 5.29. The van der Waals surface area contributed by atoms with Gasteiger partial charge in [0, 0.05) is 31.6 Å². The Balaban J connectivity index is 0.809. The fraction of sp³-hybridized carbons (Fsp3) is 0.900. The van der Waals surface area contributed by atoms with Crippen LogP contribution in [0, 0.1) is 23.7 Å². The van der Waals surface area contributed by atoms with Crippen LogP contribution in [0.4, 0.5) is 11.9 Å². The zero-order chi connectivity index (χ0) is 40.9. The van der Waals surface area contributed by atoms with Crippen molar-refractivity contribution in [2.24, 2.45) is 23.7 Å². The maximum Gasteiger partial charge on any atom is 0.324 e. The number of anilines is 2. The molecule has 1 aliphatic heterocycles. The summed E-state index contributed by atoms with van der Waals surface area (Å²) in [6.45, 7) is 8.99. The molecular weight excluding hydrogens is 788 g/mol. The lowest BCUT2D eigenvalue weighted by molar-refractivity contribution is -0.122. The number of hydrogen-bond donors (Lipinski definition) is 3. The van der Waals surface area contributed by atoms with Gasteiger partial charge in [-0.1, -0.05) is 19.8 Å². The fourth-order valence-electron chi connectivity index (χ4n) is 8.93. The Morgan fingerprint density at radius 3 is 1.90 bits per heavy atom. The van der Waals surface area contributed by atoms with E-state index in [1.165, 1.54) is 38.5 Å². The molecule has 58 heavy (non-hydrogen) atoms. The van der Waals surface area contributed by atoms with E-state index in [-0.39, 0.29) is 11.4 Å². The van der Waals surface area contributed by atoms with Crippen LogP contribution in [0.3, 0.4) is 0 Å². The largest absolute Gasteiger partial charge is 0.461 e. The molecule has 16 nitrogen and oxygen atoms in total. The molecule has 4 aliphatic carbocycles. The minimum atomic E-state index is -3.08. The minimum absolute atomic E-state index is 0.0291. The third-order valence-corrected chi connectivity index (χ3v) is 13.2. The number of unbranched alkanes of at least 4 members (excludes halogenated alkanes) is 3. The SMILES string of the molecule is CCOP(O)(=S)OCCCCCCNC(=O)CCOCCOCCOCCOCCOCCOc1nc(NC23CC4CC(CC(C4)C2)C3)nc(N2CCC(C)CC2)n1. The van der Waals surface area contributed by atoms with E-state index < -0.39 is 6.72 Å². The molecule has 332 valence electrons. The Morgan fingerprint density at radius 2 is 1.31 bits per heavy atom. The molecule has 0 radical (unpaired) electrons. The molecule has 1 saturated heterocycles. The molecule has 1 amide bonds. The van der Waals surface area contributed by atoms with Crippen molar-refractivity contribution in [3.8, 4) is 6.01 Å². The van der Waals surface area contributed by atoms with Crippen LogP contribution in [0.15, 0.2) is 0 Å². The van der Waals surface area contributed by atoms with Gasteiger partial charge in [0.15, 0.2) is 0 Å². The van der Waals surface area contributed by atoms with Crippen LogP contribution in [0.25, 0.3) is 0 Å². The average Bonchev–Trinajstić information content (AvgIpc) is 3.18. The summed E-state index contributed by atoms with van der Waals surface area (Å²) in [6.07, 6.45) is 14.0. The highest BCUT2D eigenvalue weighted by Gasteiger charge is 2.51. The van der Waals surface area contributed by atoms with Gasteiger partial charge in [-0.05, 0) is 107 Å². The Morgan fingerprint density at radius 1 is 0.759 bits per heavy atom. The van der Waals surface area contributed by atoms with Gasteiger partial charge in [0.25, 0.3) is 0 Å². The van der Waals surface area contributed by atoms with Crippen molar-refractivity contribution in [3.63, 3.8) is 0 Å². The molecule has 5 fully saturated rings. The van der Waals surface area contributed by atoms with Gasteiger partial charge in [-0.3, -0.25) is 4.79 Å². The summed E-state index contributed by atoms with van der Waals surface area (Å²) in [4.78, 5) is 38.4. The van der Waals surface area contributed by atoms with Crippen LogP contribution in [-0.2, 0) is 49.3 Å². The summed E-state index contributed by atoms with van der Waals surface area (Å²) in [5.41, 5.74) is 0.108. The summed E-state index contributed by atoms with van der Waals surface area (Å²) >= 11 is 4.88. The van der Waals surface area contributed by atoms with Crippen LogP contribution in [0.2, 0.25) is 0 Å². The second-order valence-corrected chi connectivity index (χ2v) is 19.2. The summed E-state index contributed by atoms with van der Waals surface area (Å²) in [5, 5.41) is 6.74. The first-order valence-corrected chi connectivity index (χ1v) is 24.5. The lowest BCUT2D eigenvalue weighted by Gasteiger charge is -2.56. The third-order valence-electron chi connectivity index (χ3n) is 11.4. The monoisotopic (exact) mass is 858 g/mol. The minimum Gasteiger partial charge on any atom is -0.461 e. The first-order chi connectivity index (χ1) is 28.2. The maximum atomic E-state index is 12.0. The fourth-order valence-corrected chi connectivity index (χ4v) is 10.2. The molecule has 0 spiro atoms. The molecule has 3 N–H and O–H groups in total. The van der Waals surface area contributed by atoms with E-state index in [1.54, 1.807) is 6.92 Å². The van der Waals surface area contributed by atoms with Crippen molar-refractivity contribution in [2.45, 2.75) is 103 Å². The van der Waals surface area contributed by atoms with Crippen molar-refractivity contribution in [2.75, 3.05) is 116 Å².